The molecule has 2 heterocycles. The smallest absolute Gasteiger partial charge is 0.323 e. The molecule has 2 amide bonds. The number of hydrogen-bond acceptors (Lipinski definition) is 4. The van der Waals surface area contributed by atoms with Gasteiger partial charge in [-0.1, -0.05) is 39.8 Å². The summed E-state index contributed by atoms with van der Waals surface area (Å²) >= 11 is 0. The van der Waals surface area contributed by atoms with E-state index in [9.17, 15) is 4.79 Å². The van der Waals surface area contributed by atoms with Crippen LogP contribution in [0, 0.1) is 0 Å². The average Bonchev–Trinajstić information content (AvgIpc) is 3.08. The number of carbonyl (C=O) groups is 1. The Hall–Kier alpha value is -1.56. The number of hydrogen-bond donors (Lipinski definition) is 1. The number of carbonyl (C=O) groups excluding carboxylic acids is 1. The molecule has 0 aliphatic carbocycles. The number of anilines is 1. The number of aromatic nitrogens is 1. The highest BCUT2D eigenvalue weighted by Crippen LogP contribution is 2.25. The third-order valence-corrected chi connectivity index (χ3v) is 4.26. The van der Waals surface area contributed by atoms with Crippen molar-refractivity contribution in [3.63, 3.8) is 0 Å². The van der Waals surface area contributed by atoms with Crippen LogP contribution in [0.15, 0.2) is 10.6 Å². The molecule has 1 N–H and O–H groups in total. The van der Waals surface area contributed by atoms with E-state index in [1.807, 2.05) is 25.7 Å². The van der Waals surface area contributed by atoms with Crippen molar-refractivity contribution in [2.24, 2.45) is 0 Å². The molecule has 124 valence electrons. The summed E-state index contributed by atoms with van der Waals surface area (Å²) in [6.07, 6.45) is 1.03. The minimum Gasteiger partial charge on any atom is -0.359 e. The van der Waals surface area contributed by atoms with Crippen LogP contribution in [-0.2, 0) is 5.41 Å². The van der Waals surface area contributed by atoms with Gasteiger partial charge in [-0.3, -0.25) is 10.2 Å². The van der Waals surface area contributed by atoms with Gasteiger partial charge in [-0.05, 0) is 19.5 Å². The zero-order chi connectivity index (χ0) is 16.3. The Morgan fingerprint density at radius 1 is 1.45 bits per heavy atom. The molecule has 22 heavy (non-hydrogen) atoms. The molecular weight excluding hydrogens is 280 g/mol. The predicted octanol–water partition coefficient (Wildman–Crippen LogP) is 2.92. The van der Waals surface area contributed by atoms with Crippen LogP contribution in [0.3, 0.4) is 0 Å². The fraction of sp³-hybridized carbons (Fsp3) is 0.750. The standard InChI is InChI=1S/C16H28N4O2/c1-6-19(7-2)12-8-9-20(11-12)15(21)17-14-10-13(22-18-14)16(3,4)5/h10,12H,6-9,11H2,1-5H3,(H,17,18,21). The zero-order valence-electron chi connectivity index (χ0n) is 14.3. The molecule has 1 atom stereocenters. The molecule has 1 aliphatic heterocycles. The summed E-state index contributed by atoms with van der Waals surface area (Å²) in [4.78, 5) is 16.6. The van der Waals surface area contributed by atoms with Crippen LogP contribution in [0.1, 0.15) is 46.8 Å². The number of urea groups is 1. The first-order valence-electron chi connectivity index (χ1n) is 8.12. The highest BCUT2D eigenvalue weighted by atomic mass is 16.5. The van der Waals surface area contributed by atoms with Gasteiger partial charge >= 0.3 is 6.03 Å². The number of nitrogens with one attached hydrogen (secondary N) is 1. The second-order valence-corrected chi connectivity index (χ2v) is 6.87. The Morgan fingerprint density at radius 2 is 2.14 bits per heavy atom. The van der Waals surface area contributed by atoms with E-state index in [1.54, 1.807) is 6.07 Å². The van der Waals surface area contributed by atoms with Crippen molar-refractivity contribution < 1.29 is 9.32 Å². The summed E-state index contributed by atoms with van der Waals surface area (Å²) in [5, 5.41) is 6.77. The van der Waals surface area contributed by atoms with E-state index in [0.29, 0.717) is 11.9 Å². The van der Waals surface area contributed by atoms with E-state index in [4.69, 9.17) is 4.52 Å². The van der Waals surface area contributed by atoms with Gasteiger partial charge in [0, 0.05) is 30.6 Å². The summed E-state index contributed by atoms with van der Waals surface area (Å²) in [5.74, 6) is 1.26. The second kappa shape index (κ2) is 6.69. The summed E-state index contributed by atoms with van der Waals surface area (Å²) in [5.41, 5.74) is -0.114. The van der Waals surface area contributed by atoms with Crippen LogP contribution in [-0.4, -0.2) is 53.2 Å². The molecular formula is C16H28N4O2. The van der Waals surface area contributed by atoms with E-state index < -0.39 is 0 Å². The Kier molecular flexibility index (Phi) is 5.11. The van der Waals surface area contributed by atoms with Crippen molar-refractivity contribution >= 4 is 11.8 Å². The molecule has 0 bridgehead atoms. The zero-order valence-corrected chi connectivity index (χ0v) is 14.3. The van der Waals surface area contributed by atoms with Gasteiger partial charge in [0.1, 0.15) is 5.76 Å². The number of likely N-dealkylation sites (tertiary alicyclic amines) is 1. The largest absolute Gasteiger partial charge is 0.359 e. The quantitative estimate of drug-likeness (QED) is 0.929. The first-order chi connectivity index (χ1) is 10.3. The third kappa shape index (κ3) is 3.80. The Balaban J connectivity index is 1.92. The molecule has 1 fully saturated rings. The van der Waals surface area contributed by atoms with Crippen LogP contribution in [0.25, 0.3) is 0 Å². The summed E-state index contributed by atoms with van der Waals surface area (Å²) in [7, 11) is 0. The van der Waals surface area contributed by atoms with E-state index in [2.05, 4.69) is 29.2 Å². The molecule has 2 rings (SSSR count). The lowest BCUT2D eigenvalue weighted by atomic mass is 9.93. The Bertz CT molecular complexity index is 502. The van der Waals surface area contributed by atoms with Crippen LogP contribution >= 0.6 is 0 Å². The number of nitrogens with zero attached hydrogens (tertiary/aromatic N) is 3. The highest BCUT2D eigenvalue weighted by Gasteiger charge is 2.29. The van der Waals surface area contributed by atoms with E-state index >= 15 is 0 Å². The minimum atomic E-state index is -0.114. The monoisotopic (exact) mass is 308 g/mol. The van der Waals surface area contributed by atoms with Crippen LogP contribution in [0.4, 0.5) is 10.6 Å². The van der Waals surface area contributed by atoms with Gasteiger partial charge in [0.15, 0.2) is 5.82 Å². The van der Waals surface area contributed by atoms with E-state index in [0.717, 1.165) is 38.4 Å². The Morgan fingerprint density at radius 3 is 2.68 bits per heavy atom. The van der Waals surface area contributed by atoms with E-state index in [-0.39, 0.29) is 11.4 Å². The molecule has 0 spiro atoms. The molecule has 0 aromatic carbocycles. The van der Waals surface area contributed by atoms with Gasteiger partial charge in [-0.25, -0.2) is 4.79 Å². The SMILES string of the molecule is CCN(CC)C1CCN(C(=O)Nc2cc(C(C)(C)C)on2)C1. The molecule has 0 saturated carbocycles. The van der Waals surface area contributed by atoms with Crippen molar-refractivity contribution in [1.82, 2.24) is 15.0 Å². The topological polar surface area (TPSA) is 61.6 Å². The van der Waals surface area contributed by atoms with Crippen LogP contribution in [0.2, 0.25) is 0 Å². The van der Waals surface area contributed by atoms with Crippen molar-refractivity contribution in [3.8, 4) is 0 Å². The lowest BCUT2D eigenvalue weighted by Gasteiger charge is -2.26. The van der Waals surface area contributed by atoms with Crippen LogP contribution < -0.4 is 5.32 Å². The predicted molar refractivity (Wildman–Crippen MR) is 87.1 cm³/mol. The maximum atomic E-state index is 12.3. The maximum absolute atomic E-state index is 12.3. The highest BCUT2D eigenvalue weighted by molar-refractivity contribution is 5.88. The molecule has 0 radical (unpaired) electrons. The molecule has 6 heteroatoms. The molecule has 1 aliphatic rings. The van der Waals surface area contributed by atoms with Gasteiger partial charge in [0.05, 0.1) is 0 Å². The molecule has 1 unspecified atom stereocenters. The van der Waals surface area contributed by atoms with Gasteiger partial charge < -0.3 is 9.42 Å². The van der Waals surface area contributed by atoms with Gasteiger partial charge in [0.2, 0.25) is 0 Å². The second-order valence-electron chi connectivity index (χ2n) is 6.87. The van der Waals surface area contributed by atoms with Crippen molar-refractivity contribution in [3.05, 3.63) is 11.8 Å². The summed E-state index contributed by atoms with van der Waals surface area (Å²) in [6, 6.07) is 2.17. The molecule has 6 nitrogen and oxygen atoms in total. The lowest BCUT2D eigenvalue weighted by Crippen LogP contribution is -2.39. The number of likely N-dealkylation sites (N-methyl/N-ethyl adjacent to an activating group) is 1. The fourth-order valence-corrected chi connectivity index (χ4v) is 2.84. The van der Waals surface area contributed by atoms with E-state index in [1.165, 1.54) is 0 Å². The first-order valence-corrected chi connectivity index (χ1v) is 8.12. The lowest BCUT2D eigenvalue weighted by molar-refractivity contribution is 0.202. The number of amides is 2. The molecule has 1 aromatic heterocycles. The molecule has 1 saturated heterocycles. The van der Waals surface area contributed by atoms with Crippen molar-refractivity contribution in [2.75, 3.05) is 31.5 Å². The average molecular weight is 308 g/mol. The first kappa shape index (κ1) is 16.8. The minimum absolute atomic E-state index is 0.0941. The number of rotatable bonds is 4. The van der Waals surface area contributed by atoms with Crippen molar-refractivity contribution in [1.29, 1.82) is 0 Å². The van der Waals surface area contributed by atoms with Crippen LogP contribution in [0.5, 0.6) is 0 Å². The van der Waals surface area contributed by atoms with Gasteiger partial charge in [0.25, 0.3) is 0 Å². The maximum Gasteiger partial charge on any atom is 0.323 e. The Labute approximate surface area is 132 Å². The summed E-state index contributed by atoms with van der Waals surface area (Å²) in [6.45, 7) is 14.1. The normalized spacial score (nSPS) is 19.0. The van der Waals surface area contributed by atoms with Gasteiger partial charge in [-0.2, -0.15) is 0 Å². The third-order valence-electron chi connectivity index (χ3n) is 4.26. The van der Waals surface area contributed by atoms with Gasteiger partial charge in [-0.15, -0.1) is 0 Å². The van der Waals surface area contributed by atoms with Crippen molar-refractivity contribution in [2.45, 2.75) is 52.5 Å². The fourth-order valence-electron chi connectivity index (χ4n) is 2.84. The summed E-state index contributed by atoms with van der Waals surface area (Å²) < 4.78 is 5.30. The molecule has 1 aromatic rings.